The van der Waals surface area contributed by atoms with Gasteiger partial charge in [0.25, 0.3) is 0 Å². The Balaban J connectivity index is 1.14. The van der Waals surface area contributed by atoms with Crippen LogP contribution in [0.15, 0.2) is 11.6 Å². The zero-order valence-corrected chi connectivity index (χ0v) is 31.1. The molecule has 0 aromatic carbocycles. The quantitative estimate of drug-likeness (QED) is 0.0765. The lowest BCUT2D eigenvalue weighted by Crippen LogP contribution is -2.51. The summed E-state index contributed by atoms with van der Waals surface area (Å²) in [5, 5.41) is 0. The average molecular weight is 625 g/mol. The topological polar surface area (TPSA) is 26.3 Å². The van der Waals surface area contributed by atoms with Crippen LogP contribution in [0, 0.1) is 46.3 Å². The molecule has 3 fully saturated rings. The molecular weight excluding hydrogens is 548 g/mol. The van der Waals surface area contributed by atoms with Crippen LogP contribution >= 0.6 is 0 Å². The van der Waals surface area contributed by atoms with E-state index in [-0.39, 0.29) is 12.1 Å². The largest absolute Gasteiger partial charge is 0.462 e. The van der Waals surface area contributed by atoms with E-state index in [1.807, 2.05) is 0 Å². The number of unbranched alkanes of at least 4 members (excludes halogenated alkanes) is 12. The van der Waals surface area contributed by atoms with Gasteiger partial charge in [-0.1, -0.05) is 150 Å². The molecule has 8 atom stereocenters. The summed E-state index contributed by atoms with van der Waals surface area (Å²) in [6.07, 6.45) is 35.4. The first-order valence-corrected chi connectivity index (χ1v) is 20.6. The molecule has 4 rings (SSSR count). The highest BCUT2D eigenvalue weighted by Crippen LogP contribution is 2.67. The van der Waals surface area contributed by atoms with Crippen molar-refractivity contribution in [3.63, 3.8) is 0 Å². The second-order valence-corrected chi connectivity index (χ2v) is 17.6. The maximum absolute atomic E-state index is 12.8. The average Bonchev–Trinajstić information content (AvgIpc) is 3.37. The monoisotopic (exact) mass is 625 g/mol. The molecule has 0 heterocycles. The van der Waals surface area contributed by atoms with Crippen molar-refractivity contribution in [2.24, 2.45) is 46.3 Å². The summed E-state index contributed by atoms with van der Waals surface area (Å²) < 4.78 is 6.12. The van der Waals surface area contributed by atoms with Gasteiger partial charge < -0.3 is 4.74 Å². The van der Waals surface area contributed by atoms with Crippen molar-refractivity contribution in [3.8, 4) is 0 Å². The van der Waals surface area contributed by atoms with Crippen LogP contribution in [0.5, 0.6) is 0 Å². The van der Waals surface area contributed by atoms with E-state index in [4.69, 9.17) is 4.74 Å². The highest BCUT2D eigenvalue weighted by molar-refractivity contribution is 5.69. The second-order valence-electron chi connectivity index (χ2n) is 17.6. The van der Waals surface area contributed by atoms with Crippen molar-refractivity contribution >= 4 is 5.97 Å². The Morgan fingerprint density at radius 3 is 2.07 bits per heavy atom. The van der Waals surface area contributed by atoms with Crippen LogP contribution in [0.2, 0.25) is 0 Å². The summed E-state index contributed by atoms with van der Waals surface area (Å²) in [6.45, 7) is 14.9. The van der Waals surface area contributed by atoms with Crippen molar-refractivity contribution in [1.29, 1.82) is 0 Å². The van der Waals surface area contributed by atoms with Crippen LogP contribution in [0.1, 0.15) is 202 Å². The Labute approximate surface area is 281 Å². The van der Waals surface area contributed by atoms with Gasteiger partial charge in [-0.3, -0.25) is 4.79 Å². The summed E-state index contributed by atoms with van der Waals surface area (Å²) in [6, 6.07) is 0. The predicted molar refractivity (Wildman–Crippen MR) is 193 cm³/mol. The Hall–Kier alpha value is -0.790. The number of ether oxygens (including phenoxy) is 1. The lowest BCUT2D eigenvalue weighted by Gasteiger charge is -2.58. The van der Waals surface area contributed by atoms with Gasteiger partial charge in [-0.2, -0.15) is 0 Å². The molecule has 0 spiro atoms. The SMILES string of the molecule is CCCCCCCCCCCCCCCC(=O)O[C@H]1CC[C@@]2(C)C(=CCC3C4CCC([C@H](C)CCCC(C)C)[C@@]4(C)CCC32)C1. The molecule has 0 aromatic rings. The number of fused-ring (bicyclic) bond motifs is 5. The Kier molecular flexibility index (Phi) is 14.9. The molecule has 0 N–H and O–H groups in total. The van der Waals surface area contributed by atoms with Crippen LogP contribution in [-0.2, 0) is 9.53 Å². The molecular formula is C43H76O2. The summed E-state index contributed by atoms with van der Waals surface area (Å²) >= 11 is 0. The lowest BCUT2D eigenvalue weighted by atomic mass is 9.47. The highest BCUT2D eigenvalue weighted by Gasteiger charge is 2.59. The van der Waals surface area contributed by atoms with Gasteiger partial charge in [0.05, 0.1) is 0 Å². The fourth-order valence-corrected chi connectivity index (χ4v) is 11.3. The van der Waals surface area contributed by atoms with E-state index < -0.39 is 0 Å². The van der Waals surface area contributed by atoms with Crippen LogP contribution < -0.4 is 0 Å². The van der Waals surface area contributed by atoms with E-state index >= 15 is 0 Å². The van der Waals surface area contributed by atoms with Crippen LogP contribution in [0.4, 0.5) is 0 Å². The third-order valence-electron chi connectivity index (χ3n) is 14.0. The van der Waals surface area contributed by atoms with Crippen LogP contribution in [0.3, 0.4) is 0 Å². The first-order chi connectivity index (χ1) is 21.7. The smallest absolute Gasteiger partial charge is 0.306 e. The zero-order chi connectivity index (χ0) is 32.3. The minimum absolute atomic E-state index is 0.0638. The normalized spacial score (nSPS) is 33.3. The molecule has 0 bridgehead atoms. The van der Waals surface area contributed by atoms with Gasteiger partial charge in [0, 0.05) is 12.8 Å². The van der Waals surface area contributed by atoms with Crippen molar-refractivity contribution in [1.82, 2.24) is 0 Å². The van der Waals surface area contributed by atoms with Crippen LogP contribution in [-0.4, -0.2) is 12.1 Å². The standard InChI is InChI=1S/C43H76O2/c1-7-8-9-10-11-12-13-14-15-16-17-18-19-23-41(44)45-36-28-30-42(5)35(32-36)24-25-37-39-27-26-38(34(4)22-20-21-33(2)3)43(39,6)31-29-40(37)42/h24,33-34,36-40H,7-23,25-32H2,1-6H3/t34-,36+,37?,38?,39?,40?,42+,43-/m1/s1. The number of rotatable bonds is 20. The molecule has 0 aromatic heterocycles. The molecule has 0 amide bonds. The molecule has 260 valence electrons. The number of carbonyl (C=O) groups is 1. The van der Waals surface area contributed by atoms with Gasteiger partial charge in [-0.05, 0) is 97.7 Å². The molecule has 4 aliphatic rings. The summed E-state index contributed by atoms with van der Waals surface area (Å²) in [4.78, 5) is 12.8. The van der Waals surface area contributed by atoms with Crippen molar-refractivity contribution in [2.75, 3.05) is 0 Å². The number of allylic oxidation sites excluding steroid dienone is 1. The fraction of sp³-hybridized carbons (Fsp3) is 0.930. The molecule has 4 unspecified atom stereocenters. The van der Waals surface area contributed by atoms with Crippen LogP contribution in [0.25, 0.3) is 0 Å². The lowest BCUT2D eigenvalue weighted by molar-refractivity contribution is -0.151. The highest BCUT2D eigenvalue weighted by atomic mass is 16.5. The van der Waals surface area contributed by atoms with Gasteiger partial charge in [-0.15, -0.1) is 0 Å². The van der Waals surface area contributed by atoms with E-state index in [1.165, 1.54) is 135 Å². The third-order valence-corrected chi connectivity index (χ3v) is 14.0. The van der Waals surface area contributed by atoms with Gasteiger partial charge in [0.1, 0.15) is 6.10 Å². The van der Waals surface area contributed by atoms with Crippen molar-refractivity contribution in [2.45, 2.75) is 208 Å². The maximum atomic E-state index is 12.8. The molecule has 45 heavy (non-hydrogen) atoms. The number of hydrogen-bond acceptors (Lipinski definition) is 2. The summed E-state index contributed by atoms with van der Waals surface area (Å²) in [5.74, 6) is 5.34. The Morgan fingerprint density at radius 2 is 1.42 bits per heavy atom. The zero-order valence-electron chi connectivity index (χ0n) is 31.1. The number of esters is 1. The summed E-state index contributed by atoms with van der Waals surface area (Å²) in [5.41, 5.74) is 2.54. The van der Waals surface area contributed by atoms with Crippen molar-refractivity contribution in [3.05, 3.63) is 11.6 Å². The minimum atomic E-state index is 0.0638. The minimum Gasteiger partial charge on any atom is -0.462 e. The van der Waals surface area contributed by atoms with E-state index in [9.17, 15) is 4.79 Å². The molecule has 0 radical (unpaired) electrons. The molecule has 2 heteroatoms. The summed E-state index contributed by atoms with van der Waals surface area (Å²) in [7, 11) is 0. The van der Waals surface area contributed by atoms with Gasteiger partial charge in [0.2, 0.25) is 0 Å². The molecule has 3 saturated carbocycles. The first-order valence-electron chi connectivity index (χ1n) is 20.6. The van der Waals surface area contributed by atoms with Crippen molar-refractivity contribution < 1.29 is 9.53 Å². The van der Waals surface area contributed by atoms with E-state index in [2.05, 4.69) is 47.6 Å². The molecule has 4 aliphatic carbocycles. The first kappa shape index (κ1) is 37.0. The maximum Gasteiger partial charge on any atom is 0.306 e. The van der Waals surface area contributed by atoms with Gasteiger partial charge in [-0.25, -0.2) is 0 Å². The Morgan fingerprint density at radius 1 is 0.778 bits per heavy atom. The Bertz CT molecular complexity index is 904. The number of carbonyl (C=O) groups excluding carboxylic acids is 1. The molecule has 0 saturated heterocycles. The third kappa shape index (κ3) is 9.87. The van der Waals surface area contributed by atoms with E-state index in [0.29, 0.717) is 17.3 Å². The van der Waals surface area contributed by atoms with Gasteiger partial charge in [0.15, 0.2) is 0 Å². The fourth-order valence-electron chi connectivity index (χ4n) is 11.3. The predicted octanol–water partition coefficient (Wildman–Crippen LogP) is 13.4. The van der Waals surface area contributed by atoms with E-state index in [0.717, 1.165) is 54.8 Å². The molecule has 0 aliphatic heterocycles. The number of hydrogen-bond donors (Lipinski definition) is 0. The second kappa shape index (κ2) is 18.1. The van der Waals surface area contributed by atoms with E-state index in [1.54, 1.807) is 5.57 Å². The molecule has 2 nitrogen and oxygen atoms in total. The van der Waals surface area contributed by atoms with Gasteiger partial charge >= 0.3 is 5.97 Å².